The topological polar surface area (TPSA) is 58.6 Å². The SMILES string of the molecule is CCOC(=O)C1=PC(=C([O-])OCC)C(C)=C1C. The normalized spacial score (nSPS) is 18.9. The minimum atomic E-state index is -0.356. The third-order valence-electron chi connectivity index (χ3n) is 2.43. The molecule has 0 bridgehead atoms. The van der Waals surface area contributed by atoms with E-state index >= 15 is 0 Å². The third-order valence-corrected chi connectivity index (χ3v) is 3.92. The van der Waals surface area contributed by atoms with Crippen molar-refractivity contribution in [2.75, 3.05) is 13.2 Å². The number of carbonyl (C=O) groups excluding carboxylic acids is 1. The number of ether oxygens (including phenoxy) is 2. The molecule has 0 saturated carbocycles. The van der Waals surface area contributed by atoms with E-state index in [1.807, 2.05) is 13.8 Å². The summed E-state index contributed by atoms with van der Waals surface area (Å²) in [5.41, 5.74) is 1.63. The van der Waals surface area contributed by atoms with Gasteiger partial charge in [-0.15, -0.1) is 0 Å². The van der Waals surface area contributed by atoms with Crippen LogP contribution in [0.3, 0.4) is 0 Å². The lowest BCUT2D eigenvalue weighted by molar-refractivity contribution is -0.357. The first kappa shape index (κ1) is 13.8. The predicted octanol–water partition coefficient (Wildman–Crippen LogP) is 1.58. The average molecular weight is 255 g/mol. The van der Waals surface area contributed by atoms with Crippen LogP contribution in [-0.4, -0.2) is 24.5 Å². The van der Waals surface area contributed by atoms with Gasteiger partial charge in [0.25, 0.3) is 0 Å². The van der Waals surface area contributed by atoms with Crippen molar-refractivity contribution in [1.82, 2.24) is 0 Å². The van der Waals surface area contributed by atoms with Crippen molar-refractivity contribution in [2.45, 2.75) is 27.7 Å². The first-order valence-corrected chi connectivity index (χ1v) is 6.40. The second-order valence-electron chi connectivity index (χ2n) is 3.50. The summed E-state index contributed by atoms with van der Waals surface area (Å²) in [6.07, 6.45) is 0. The van der Waals surface area contributed by atoms with Gasteiger partial charge in [0.2, 0.25) is 0 Å². The first-order valence-electron chi connectivity index (χ1n) is 5.51. The molecule has 0 aromatic rings. The van der Waals surface area contributed by atoms with Gasteiger partial charge >= 0.3 is 5.97 Å². The van der Waals surface area contributed by atoms with Crippen molar-refractivity contribution in [1.29, 1.82) is 0 Å². The van der Waals surface area contributed by atoms with Gasteiger partial charge in [0.1, 0.15) is 0 Å². The van der Waals surface area contributed by atoms with Crippen LogP contribution >= 0.6 is 8.20 Å². The Labute approximate surface area is 103 Å². The smallest absolute Gasteiger partial charge is 0.343 e. The van der Waals surface area contributed by atoms with Gasteiger partial charge in [0.15, 0.2) is 0 Å². The van der Waals surface area contributed by atoms with Crippen LogP contribution in [0.15, 0.2) is 22.4 Å². The van der Waals surface area contributed by atoms with Crippen LogP contribution in [-0.2, 0) is 14.3 Å². The monoisotopic (exact) mass is 255 g/mol. The fourth-order valence-corrected chi connectivity index (χ4v) is 2.64. The molecule has 0 amide bonds. The molecule has 17 heavy (non-hydrogen) atoms. The van der Waals surface area contributed by atoms with Crippen molar-refractivity contribution in [3.8, 4) is 0 Å². The largest absolute Gasteiger partial charge is 0.613 e. The van der Waals surface area contributed by atoms with Gasteiger partial charge in [-0.2, -0.15) is 0 Å². The maximum atomic E-state index is 11.7. The van der Waals surface area contributed by atoms with Crippen molar-refractivity contribution in [3.63, 3.8) is 0 Å². The third kappa shape index (κ3) is 2.89. The zero-order valence-electron chi connectivity index (χ0n) is 10.5. The van der Waals surface area contributed by atoms with Crippen LogP contribution < -0.4 is 5.11 Å². The fourth-order valence-electron chi connectivity index (χ4n) is 1.43. The predicted molar refractivity (Wildman–Crippen MR) is 65.6 cm³/mol. The lowest BCUT2D eigenvalue weighted by atomic mass is 10.1. The van der Waals surface area contributed by atoms with Crippen molar-refractivity contribution in [2.24, 2.45) is 0 Å². The number of esters is 1. The Balaban J connectivity index is 3.08. The molecule has 1 aliphatic rings. The van der Waals surface area contributed by atoms with Gasteiger partial charge in [-0.1, -0.05) is 15.1 Å². The molecular weight excluding hydrogens is 239 g/mol. The molecule has 0 aliphatic carbocycles. The van der Waals surface area contributed by atoms with E-state index in [2.05, 4.69) is 0 Å². The molecule has 0 unspecified atom stereocenters. The van der Waals surface area contributed by atoms with E-state index in [4.69, 9.17) is 9.47 Å². The second kappa shape index (κ2) is 5.87. The molecular formula is C12H16O4P-. The van der Waals surface area contributed by atoms with Gasteiger partial charge < -0.3 is 14.6 Å². The van der Waals surface area contributed by atoms with Crippen LogP contribution in [0.5, 0.6) is 0 Å². The van der Waals surface area contributed by atoms with Gasteiger partial charge in [0.05, 0.1) is 17.8 Å². The lowest BCUT2D eigenvalue weighted by Gasteiger charge is -2.15. The van der Waals surface area contributed by atoms with Gasteiger partial charge in [-0.25, -0.2) is 4.79 Å². The van der Waals surface area contributed by atoms with E-state index in [0.717, 1.165) is 11.1 Å². The van der Waals surface area contributed by atoms with Crippen LogP contribution in [0, 0.1) is 0 Å². The summed E-state index contributed by atoms with van der Waals surface area (Å²) in [6, 6.07) is 0. The minimum absolute atomic E-state index is 0.332. The van der Waals surface area contributed by atoms with Crippen LogP contribution in [0.1, 0.15) is 27.7 Å². The summed E-state index contributed by atoms with van der Waals surface area (Å²) in [5, 5.41) is 12.7. The Hall–Kier alpha value is -1.28. The van der Waals surface area contributed by atoms with Crippen LogP contribution in [0.25, 0.3) is 0 Å². The highest BCUT2D eigenvalue weighted by Gasteiger charge is 2.23. The number of allylic oxidation sites excluding steroid dienone is 2. The Morgan fingerprint density at radius 3 is 2.29 bits per heavy atom. The van der Waals surface area contributed by atoms with E-state index in [-0.39, 0.29) is 11.9 Å². The Morgan fingerprint density at radius 1 is 1.18 bits per heavy atom. The summed E-state index contributed by atoms with van der Waals surface area (Å²) in [5.74, 6) is -0.712. The first-order chi connectivity index (χ1) is 8.02. The zero-order valence-corrected chi connectivity index (χ0v) is 11.4. The summed E-state index contributed by atoms with van der Waals surface area (Å²) < 4.78 is 9.90. The Morgan fingerprint density at radius 2 is 1.76 bits per heavy atom. The summed E-state index contributed by atoms with van der Waals surface area (Å²) in [6.45, 7) is 7.82. The number of carbonyl (C=O) groups is 1. The zero-order chi connectivity index (χ0) is 13.0. The van der Waals surface area contributed by atoms with E-state index < -0.39 is 0 Å². The summed E-state index contributed by atoms with van der Waals surface area (Å²) >= 11 is 0. The van der Waals surface area contributed by atoms with Gasteiger partial charge in [-0.3, -0.25) is 0 Å². The van der Waals surface area contributed by atoms with Crippen molar-refractivity contribution in [3.05, 3.63) is 22.4 Å². The van der Waals surface area contributed by atoms with E-state index in [0.29, 0.717) is 32.0 Å². The molecule has 1 aliphatic heterocycles. The quantitative estimate of drug-likeness (QED) is 0.435. The van der Waals surface area contributed by atoms with Crippen LogP contribution in [0.4, 0.5) is 0 Å². The van der Waals surface area contributed by atoms with E-state index in [1.54, 1.807) is 13.8 Å². The maximum absolute atomic E-state index is 11.7. The average Bonchev–Trinajstić information content (AvgIpc) is 2.57. The maximum Gasteiger partial charge on any atom is 0.343 e. The van der Waals surface area contributed by atoms with Crippen molar-refractivity contribution >= 4 is 19.5 Å². The molecule has 0 aromatic heterocycles. The molecule has 0 fully saturated rings. The molecule has 0 saturated heterocycles. The molecule has 4 nitrogen and oxygen atoms in total. The number of hydrogen-bond acceptors (Lipinski definition) is 4. The summed E-state index contributed by atoms with van der Waals surface area (Å²) in [7, 11) is 0.588. The second-order valence-corrected chi connectivity index (χ2v) is 4.62. The molecule has 1 rings (SSSR count). The molecule has 0 N–H and O–H groups in total. The van der Waals surface area contributed by atoms with Crippen LogP contribution in [0.2, 0.25) is 0 Å². The molecule has 0 atom stereocenters. The molecule has 0 radical (unpaired) electrons. The molecule has 0 aromatic carbocycles. The van der Waals surface area contributed by atoms with Crippen molar-refractivity contribution < 1.29 is 19.4 Å². The highest BCUT2D eigenvalue weighted by molar-refractivity contribution is 7.50. The molecule has 94 valence electrons. The lowest BCUT2D eigenvalue weighted by Crippen LogP contribution is -2.15. The summed E-state index contributed by atoms with van der Waals surface area (Å²) in [4.78, 5) is 11.7. The Bertz CT molecular complexity index is 418. The number of rotatable bonds is 4. The highest BCUT2D eigenvalue weighted by atomic mass is 31.1. The fraction of sp³-hybridized carbons (Fsp3) is 0.500. The minimum Gasteiger partial charge on any atom is -0.613 e. The van der Waals surface area contributed by atoms with Gasteiger partial charge in [0, 0.05) is 5.31 Å². The van der Waals surface area contributed by atoms with E-state index in [9.17, 15) is 9.90 Å². The Kier molecular flexibility index (Phi) is 4.76. The van der Waals surface area contributed by atoms with E-state index in [1.165, 1.54) is 0 Å². The molecule has 1 heterocycles. The standard InChI is InChI=1S/C12H17O4P/c1-5-15-11(13)9-7(3)8(4)10(17-9)12(14)16-6-2/h13H,5-6H2,1-4H3/p-1. The van der Waals surface area contributed by atoms with Gasteiger partial charge in [-0.05, 0) is 38.5 Å². The molecule has 0 spiro atoms. The number of hydrogen-bond donors (Lipinski definition) is 0. The molecule has 5 heteroatoms. The highest BCUT2D eigenvalue weighted by Crippen LogP contribution is 2.37.